The summed E-state index contributed by atoms with van der Waals surface area (Å²) in [6, 6.07) is 0.800. The van der Waals surface area contributed by atoms with Crippen molar-refractivity contribution in [1.82, 2.24) is 42.5 Å². The molecule has 0 bridgehead atoms. The van der Waals surface area contributed by atoms with Crippen molar-refractivity contribution < 1.29 is 48.5 Å². The third-order valence-corrected chi connectivity index (χ3v) is 16.5. The molecule has 0 radical (unpaired) electrons. The second kappa shape index (κ2) is 22.0. The van der Waals surface area contributed by atoms with Gasteiger partial charge in [0.2, 0.25) is 23.6 Å². The molecule has 356 valence electrons. The number of hydrogen-bond acceptors (Lipinski definition) is 12. The Balaban J connectivity index is 0.000000211. The molecule has 63 heavy (non-hydrogen) atoms. The molecule has 0 aromatic carbocycles. The molecule has 7 aliphatic rings. The van der Waals surface area contributed by atoms with E-state index in [-0.39, 0.29) is 84.9 Å². The largest absolute Gasteiger partial charge is 0.390 e. The fraction of sp³-hybridized carbons (Fsp3) is 0.860. The van der Waals surface area contributed by atoms with Crippen molar-refractivity contribution in [3.63, 3.8) is 0 Å². The molecular weight excluding hydrogens is 853 g/mol. The maximum absolute atomic E-state index is 12.7. The number of carbonyl (C=O) groups excluding carboxylic acids is 6. The number of carbonyl (C=O) groups is 6. The Hall–Kier alpha value is -3.04. The van der Waals surface area contributed by atoms with Gasteiger partial charge in [-0.05, 0) is 78.1 Å². The van der Waals surface area contributed by atoms with Crippen LogP contribution in [0.3, 0.4) is 0 Å². The van der Waals surface area contributed by atoms with Crippen LogP contribution in [0, 0.1) is 10.8 Å². The Morgan fingerprint density at radius 2 is 0.984 bits per heavy atom. The number of unbranched alkanes of at least 4 members (excludes halogenated alkanes) is 2. The van der Waals surface area contributed by atoms with Gasteiger partial charge >= 0.3 is 12.1 Å². The standard InChI is InChI=1S/C23H38N4O5S.C20H34N4O5S/c1-22(2)31-15-11-23(3,12-16(15)32-22)20(29)25-10-6-9-24-18(28)8-5-4-7-17-19-14(13-33-17)26-21(30)27-19;1-20(9-13(25)14(26)10-20)18(28)22-8-4-7-21-16(27)6-3-2-5-15-17-12(11-30-15)23-19(29)24-17/h14-17,19H,4-13H2,1-3H3,(H,24,28)(H,25,29)(H2,26,27,30);12-15,17,25-26H,2-11H2,1H3,(H,21,27)(H,22,28)(H2,23,24,29)/t14-,15?,16?,17-,19-,23?;12-,13?,14?,15-,17-,20?/m00/s1. The topological polar surface area (TPSA) is 258 Å². The highest BCUT2D eigenvalue weighted by molar-refractivity contribution is 8.00. The Morgan fingerprint density at radius 3 is 1.41 bits per heavy atom. The minimum atomic E-state index is -0.845. The highest BCUT2D eigenvalue weighted by Crippen LogP contribution is 2.47. The van der Waals surface area contributed by atoms with Crippen LogP contribution in [0.4, 0.5) is 9.59 Å². The van der Waals surface area contributed by atoms with Crippen molar-refractivity contribution in [2.75, 3.05) is 37.7 Å². The van der Waals surface area contributed by atoms with Crippen LogP contribution >= 0.6 is 23.5 Å². The van der Waals surface area contributed by atoms with Crippen molar-refractivity contribution in [1.29, 1.82) is 0 Å². The number of hydrogen-bond donors (Lipinski definition) is 10. The van der Waals surface area contributed by atoms with Crippen LogP contribution in [-0.2, 0) is 28.7 Å². The van der Waals surface area contributed by atoms with Crippen LogP contribution < -0.4 is 42.5 Å². The average molecular weight is 925 g/mol. The van der Waals surface area contributed by atoms with Gasteiger partial charge in [-0.3, -0.25) is 19.2 Å². The van der Waals surface area contributed by atoms with E-state index in [4.69, 9.17) is 9.47 Å². The van der Waals surface area contributed by atoms with Crippen LogP contribution in [-0.4, -0.2) is 148 Å². The third kappa shape index (κ3) is 13.5. The molecule has 2 aliphatic carbocycles. The molecule has 0 aromatic rings. The van der Waals surface area contributed by atoms with Gasteiger partial charge in [-0.25, -0.2) is 9.59 Å². The van der Waals surface area contributed by atoms with Crippen LogP contribution in [0.25, 0.3) is 0 Å². The maximum Gasteiger partial charge on any atom is 0.315 e. The Bertz CT molecular complexity index is 1620. The predicted molar refractivity (Wildman–Crippen MR) is 240 cm³/mol. The van der Waals surface area contributed by atoms with Crippen LogP contribution in [0.2, 0.25) is 0 Å². The molecular formula is C43H72N8O10S2. The fourth-order valence-corrected chi connectivity index (χ4v) is 13.2. The fourth-order valence-electron chi connectivity index (χ4n) is 10.1. The summed E-state index contributed by atoms with van der Waals surface area (Å²) in [5.74, 6) is 1.30. The molecule has 5 aliphatic heterocycles. The van der Waals surface area contributed by atoms with Gasteiger partial charge < -0.3 is 62.2 Å². The molecule has 10 atom stereocenters. The van der Waals surface area contributed by atoms with E-state index < -0.39 is 28.8 Å². The van der Waals surface area contributed by atoms with Gasteiger partial charge in [0.25, 0.3) is 0 Å². The SMILES string of the molecule is CC1(C(=O)NCCCNC(=O)CCCC[C@@H]2SC[C@@H]3NC(=O)N[C@@H]32)CC(O)C(O)C1.CC1(C)OC2CC(C)(C(=O)NCCCNC(=O)CCCC[C@@H]3SC[C@@H]4NC(=O)N[C@@H]43)CC2O1. The van der Waals surface area contributed by atoms with E-state index >= 15 is 0 Å². The smallest absolute Gasteiger partial charge is 0.315 e. The van der Waals surface area contributed by atoms with Crippen molar-refractivity contribution in [3.05, 3.63) is 0 Å². The lowest BCUT2D eigenvalue weighted by molar-refractivity contribution is -0.162. The molecule has 7 fully saturated rings. The molecule has 8 amide bonds. The summed E-state index contributed by atoms with van der Waals surface area (Å²) in [6.45, 7) is 9.60. The summed E-state index contributed by atoms with van der Waals surface area (Å²) in [7, 11) is 0. The van der Waals surface area contributed by atoms with Gasteiger partial charge in [-0.1, -0.05) is 26.7 Å². The minimum Gasteiger partial charge on any atom is -0.390 e. The number of rotatable bonds is 20. The second-order valence-electron chi connectivity index (χ2n) is 19.4. The van der Waals surface area contributed by atoms with Crippen molar-refractivity contribution in [2.24, 2.45) is 10.8 Å². The summed E-state index contributed by atoms with van der Waals surface area (Å²) in [4.78, 5) is 71.8. The summed E-state index contributed by atoms with van der Waals surface area (Å²) in [5, 5.41) is 43.7. The number of urea groups is 2. The lowest BCUT2D eigenvalue weighted by Gasteiger charge is -2.26. The molecule has 0 spiro atoms. The molecule has 20 heteroatoms. The number of amides is 8. The van der Waals surface area contributed by atoms with Crippen molar-refractivity contribution in [2.45, 2.75) is 182 Å². The summed E-state index contributed by atoms with van der Waals surface area (Å²) in [5.41, 5.74) is -1.21. The van der Waals surface area contributed by atoms with E-state index in [9.17, 15) is 39.0 Å². The normalized spacial score (nSPS) is 35.5. The summed E-state index contributed by atoms with van der Waals surface area (Å²) in [6.07, 6.45) is 8.10. The number of nitrogens with one attached hydrogen (secondary N) is 8. The lowest BCUT2D eigenvalue weighted by atomic mass is 9.87. The number of aliphatic hydroxyl groups is 2. The van der Waals surface area contributed by atoms with Gasteiger partial charge in [-0.15, -0.1) is 0 Å². The van der Waals surface area contributed by atoms with Gasteiger partial charge in [0.05, 0.1) is 59.4 Å². The average Bonchev–Trinajstić information content (AvgIpc) is 4.08. The monoisotopic (exact) mass is 924 g/mol. The second-order valence-corrected chi connectivity index (χ2v) is 22.0. The maximum atomic E-state index is 12.7. The van der Waals surface area contributed by atoms with E-state index in [0.717, 1.165) is 50.0 Å². The molecule has 2 saturated carbocycles. The van der Waals surface area contributed by atoms with E-state index in [0.29, 0.717) is 75.2 Å². The summed E-state index contributed by atoms with van der Waals surface area (Å²) < 4.78 is 11.8. The van der Waals surface area contributed by atoms with E-state index in [1.54, 1.807) is 6.92 Å². The van der Waals surface area contributed by atoms with E-state index in [2.05, 4.69) is 42.5 Å². The molecule has 7 rings (SSSR count). The number of thioether (sulfide) groups is 2. The van der Waals surface area contributed by atoms with E-state index in [1.165, 1.54) is 0 Å². The lowest BCUT2D eigenvalue weighted by Crippen LogP contribution is -2.40. The number of fused-ring (bicyclic) bond motifs is 3. The molecule has 18 nitrogen and oxygen atoms in total. The molecule has 4 unspecified atom stereocenters. The van der Waals surface area contributed by atoms with Gasteiger partial charge in [0.15, 0.2) is 5.79 Å². The molecule has 5 heterocycles. The first-order valence-corrected chi connectivity index (χ1v) is 25.2. The highest BCUT2D eigenvalue weighted by atomic mass is 32.2. The zero-order valence-electron chi connectivity index (χ0n) is 37.4. The molecule has 10 N–H and O–H groups in total. The van der Waals surface area contributed by atoms with Gasteiger partial charge in [0.1, 0.15) is 0 Å². The number of aliphatic hydroxyl groups excluding tert-OH is 2. The quantitative estimate of drug-likeness (QED) is 0.0616. The Labute approximate surface area is 379 Å². The zero-order valence-corrected chi connectivity index (χ0v) is 39.0. The number of ether oxygens (including phenoxy) is 2. The third-order valence-electron chi connectivity index (χ3n) is 13.5. The van der Waals surface area contributed by atoms with Gasteiger partial charge in [0, 0.05) is 61.0 Å². The van der Waals surface area contributed by atoms with E-state index in [1.807, 2.05) is 44.3 Å². The van der Waals surface area contributed by atoms with Crippen LogP contribution in [0.15, 0.2) is 0 Å². The summed E-state index contributed by atoms with van der Waals surface area (Å²) >= 11 is 3.79. The first-order chi connectivity index (χ1) is 29.9. The molecule has 5 saturated heterocycles. The Kier molecular flexibility index (Phi) is 17.2. The molecule has 0 aromatic heterocycles. The van der Waals surface area contributed by atoms with Crippen LogP contribution in [0.1, 0.15) is 118 Å². The first-order valence-electron chi connectivity index (χ1n) is 23.1. The minimum absolute atomic E-state index is 0.0164. The zero-order chi connectivity index (χ0) is 45.4. The predicted octanol–water partition coefficient (Wildman–Crippen LogP) is 1.51. The van der Waals surface area contributed by atoms with Gasteiger partial charge in [-0.2, -0.15) is 23.5 Å². The van der Waals surface area contributed by atoms with Crippen LogP contribution in [0.5, 0.6) is 0 Å². The van der Waals surface area contributed by atoms with Crippen molar-refractivity contribution in [3.8, 4) is 0 Å². The first kappa shape index (κ1) is 49.4. The Morgan fingerprint density at radius 1 is 0.587 bits per heavy atom. The highest BCUT2D eigenvalue weighted by Gasteiger charge is 2.54. The van der Waals surface area contributed by atoms with Crippen molar-refractivity contribution >= 4 is 59.2 Å².